The van der Waals surface area contributed by atoms with Crippen molar-refractivity contribution in [2.75, 3.05) is 6.54 Å². The molecule has 2 N–H and O–H groups in total. The van der Waals surface area contributed by atoms with Gasteiger partial charge < -0.3 is 10.6 Å². The summed E-state index contributed by atoms with van der Waals surface area (Å²) in [5, 5.41) is 0.849. The Bertz CT molecular complexity index is 756. The Balaban J connectivity index is 1.72. The second-order valence-corrected chi connectivity index (χ2v) is 7.95. The predicted octanol–water partition coefficient (Wildman–Crippen LogP) is 2.11. The number of carbonyl (C=O) groups excluding carboxylic acids is 1. The van der Waals surface area contributed by atoms with Crippen LogP contribution in [0.3, 0.4) is 0 Å². The topological polar surface area (TPSA) is 85.0 Å². The van der Waals surface area contributed by atoms with Crippen LogP contribution in [0.15, 0.2) is 18.5 Å². The third-order valence-corrected chi connectivity index (χ3v) is 6.40. The molecule has 2 saturated heterocycles. The van der Waals surface area contributed by atoms with Crippen LogP contribution in [0.1, 0.15) is 35.3 Å². The van der Waals surface area contributed by atoms with Gasteiger partial charge in [0.1, 0.15) is 4.88 Å². The van der Waals surface area contributed by atoms with E-state index in [1.54, 1.807) is 18.5 Å². The van der Waals surface area contributed by atoms with E-state index in [0.717, 1.165) is 22.7 Å². The zero-order chi connectivity index (χ0) is 16.8. The van der Waals surface area contributed by atoms with Gasteiger partial charge in [-0.3, -0.25) is 4.79 Å². The van der Waals surface area contributed by atoms with Gasteiger partial charge in [0.15, 0.2) is 11.5 Å². The smallest absolute Gasteiger partial charge is 0.274 e. The molecule has 4 heterocycles. The number of hydrogen-bond donors (Lipinski definition) is 1. The minimum Gasteiger partial charge on any atom is -0.330 e. The van der Waals surface area contributed by atoms with E-state index in [1.165, 1.54) is 11.3 Å². The van der Waals surface area contributed by atoms with Crippen LogP contribution in [0, 0.1) is 18.8 Å². The summed E-state index contributed by atoms with van der Waals surface area (Å²) in [5.74, 6) is 1.70. The number of hydrogen-bond acceptors (Lipinski definition) is 6. The van der Waals surface area contributed by atoms with E-state index in [9.17, 15) is 4.79 Å². The summed E-state index contributed by atoms with van der Waals surface area (Å²) in [4.78, 5) is 29.2. The van der Waals surface area contributed by atoms with E-state index >= 15 is 0 Å². The zero-order valence-electron chi connectivity index (χ0n) is 13.8. The highest BCUT2D eigenvalue weighted by Crippen LogP contribution is 2.47. The average Bonchev–Trinajstić information content (AvgIpc) is 2.95. The lowest BCUT2D eigenvalue weighted by Crippen LogP contribution is -2.64. The van der Waals surface area contributed by atoms with E-state index in [4.69, 9.17) is 5.73 Å². The molecule has 6 nitrogen and oxygen atoms in total. The van der Waals surface area contributed by atoms with Crippen LogP contribution in [0.2, 0.25) is 0 Å². The Morgan fingerprint density at radius 3 is 2.75 bits per heavy atom. The molecule has 0 spiro atoms. The number of nitrogens with two attached hydrogens (primary N) is 1. The summed E-state index contributed by atoms with van der Waals surface area (Å²) in [7, 11) is 0. The van der Waals surface area contributed by atoms with Crippen LogP contribution >= 0.6 is 11.3 Å². The molecule has 1 amide bonds. The number of amides is 1. The van der Waals surface area contributed by atoms with Gasteiger partial charge in [-0.05, 0) is 37.7 Å². The number of aryl methyl sites for hydroxylation is 1. The first-order valence-corrected chi connectivity index (χ1v) is 9.19. The molecule has 5 rings (SSSR count). The maximum atomic E-state index is 13.3. The monoisotopic (exact) mass is 343 g/mol. The summed E-state index contributed by atoms with van der Waals surface area (Å²) in [5.41, 5.74) is 6.47. The molecule has 7 heteroatoms. The first-order valence-electron chi connectivity index (χ1n) is 8.37. The molecule has 2 aromatic heterocycles. The number of carbonyl (C=O) groups is 1. The molecule has 2 atom stereocenters. The highest BCUT2D eigenvalue weighted by molar-refractivity contribution is 7.15. The van der Waals surface area contributed by atoms with Gasteiger partial charge >= 0.3 is 0 Å². The lowest BCUT2D eigenvalue weighted by atomic mass is 9.64. The van der Waals surface area contributed by atoms with Crippen molar-refractivity contribution in [3.05, 3.63) is 29.2 Å². The Morgan fingerprint density at radius 2 is 2.08 bits per heavy atom. The zero-order valence-corrected chi connectivity index (χ0v) is 14.7. The Kier molecular flexibility index (Phi) is 3.85. The van der Waals surface area contributed by atoms with Gasteiger partial charge in [0.25, 0.3) is 5.91 Å². The molecule has 24 heavy (non-hydrogen) atoms. The predicted molar refractivity (Wildman–Crippen MR) is 92.6 cm³/mol. The first kappa shape index (κ1) is 15.7. The summed E-state index contributed by atoms with van der Waals surface area (Å²) < 4.78 is 0. The number of thiazole rings is 1. The lowest BCUT2D eigenvalue weighted by Gasteiger charge is -2.57. The molecule has 1 aliphatic carbocycles. The average molecular weight is 343 g/mol. The van der Waals surface area contributed by atoms with Crippen molar-refractivity contribution in [1.82, 2.24) is 19.9 Å². The summed E-state index contributed by atoms with van der Waals surface area (Å²) in [6.45, 7) is 4.62. The molecule has 3 aliphatic rings. The normalized spacial score (nSPS) is 28.5. The summed E-state index contributed by atoms with van der Waals surface area (Å²) in [6, 6.07) is 2.17. The summed E-state index contributed by atoms with van der Waals surface area (Å²) in [6.07, 6.45) is 5.55. The highest BCUT2D eigenvalue weighted by Gasteiger charge is 2.50. The van der Waals surface area contributed by atoms with Crippen molar-refractivity contribution in [2.45, 2.75) is 38.8 Å². The van der Waals surface area contributed by atoms with Crippen molar-refractivity contribution >= 4 is 17.2 Å². The Morgan fingerprint density at radius 1 is 1.38 bits per heavy atom. The van der Waals surface area contributed by atoms with Gasteiger partial charge in [-0.15, -0.1) is 11.3 Å². The second-order valence-electron chi connectivity index (χ2n) is 6.74. The minimum atomic E-state index is -0.0211. The van der Waals surface area contributed by atoms with Gasteiger partial charge in [-0.25, -0.2) is 15.0 Å². The molecule has 2 aromatic rings. The van der Waals surface area contributed by atoms with Crippen LogP contribution in [-0.2, 0) is 0 Å². The van der Waals surface area contributed by atoms with E-state index in [1.807, 2.05) is 11.8 Å². The van der Waals surface area contributed by atoms with Crippen molar-refractivity contribution in [2.24, 2.45) is 17.6 Å². The number of fused-ring (bicyclic) bond motifs is 2. The second kappa shape index (κ2) is 5.89. The van der Waals surface area contributed by atoms with Crippen molar-refractivity contribution in [3.63, 3.8) is 0 Å². The highest BCUT2D eigenvalue weighted by atomic mass is 32.1. The quantitative estimate of drug-likeness (QED) is 0.922. The van der Waals surface area contributed by atoms with E-state index in [-0.39, 0.29) is 11.9 Å². The lowest BCUT2D eigenvalue weighted by molar-refractivity contribution is -0.0516. The van der Waals surface area contributed by atoms with Crippen LogP contribution in [0.4, 0.5) is 0 Å². The molecule has 2 bridgehead atoms. The van der Waals surface area contributed by atoms with Crippen molar-refractivity contribution in [1.29, 1.82) is 0 Å². The van der Waals surface area contributed by atoms with E-state index in [0.29, 0.717) is 35.9 Å². The maximum absolute atomic E-state index is 13.3. The number of piperidine rings is 2. The standard InChI is InChI=1S/C17H21N5OS/c1-9-11-6-12(7-11)22(13(9)8-18)17(23)14-15(24-10(2)21-14)16-19-4-3-5-20-16/h3-5,9,11-13H,6-8,18H2,1-2H3/t9-,11?,12?,13?/m1/s1. The van der Waals surface area contributed by atoms with Gasteiger partial charge in [0, 0.05) is 31.0 Å². The van der Waals surface area contributed by atoms with E-state index in [2.05, 4.69) is 21.9 Å². The Hall–Kier alpha value is -1.86. The van der Waals surface area contributed by atoms with Crippen LogP contribution in [0.5, 0.6) is 0 Å². The molecule has 1 unspecified atom stereocenters. The fourth-order valence-corrected chi connectivity index (χ4v) is 4.89. The molecule has 126 valence electrons. The van der Waals surface area contributed by atoms with Crippen molar-refractivity contribution in [3.8, 4) is 10.7 Å². The third-order valence-electron chi connectivity index (χ3n) is 5.43. The van der Waals surface area contributed by atoms with Gasteiger partial charge in [-0.1, -0.05) is 6.92 Å². The van der Waals surface area contributed by atoms with E-state index < -0.39 is 0 Å². The van der Waals surface area contributed by atoms with Crippen LogP contribution < -0.4 is 5.73 Å². The largest absolute Gasteiger partial charge is 0.330 e. The van der Waals surface area contributed by atoms with Crippen LogP contribution in [0.25, 0.3) is 10.7 Å². The van der Waals surface area contributed by atoms with Crippen LogP contribution in [-0.4, -0.2) is 44.4 Å². The van der Waals surface area contributed by atoms with Gasteiger partial charge in [0.2, 0.25) is 0 Å². The molecule has 0 radical (unpaired) electrons. The molecule has 1 saturated carbocycles. The number of nitrogens with zero attached hydrogens (tertiary/aromatic N) is 4. The van der Waals surface area contributed by atoms with Gasteiger partial charge in [0.05, 0.1) is 5.01 Å². The van der Waals surface area contributed by atoms with Crippen molar-refractivity contribution < 1.29 is 4.79 Å². The molecule has 0 aromatic carbocycles. The molecule has 3 fully saturated rings. The first-order chi connectivity index (χ1) is 11.6. The SMILES string of the molecule is Cc1nc(C(=O)N2C3CC(C3)[C@@H](C)C2CN)c(-c2ncccn2)s1. The fourth-order valence-electron chi connectivity index (χ4n) is 4.03. The fraction of sp³-hybridized carbons (Fsp3) is 0.529. The van der Waals surface area contributed by atoms with Gasteiger partial charge in [-0.2, -0.15) is 0 Å². The minimum absolute atomic E-state index is 0.0211. The number of aromatic nitrogens is 3. The number of rotatable bonds is 3. The molecular weight excluding hydrogens is 322 g/mol. The Labute approximate surface area is 145 Å². The molecular formula is C17H21N5OS. The summed E-state index contributed by atoms with van der Waals surface area (Å²) >= 11 is 1.47. The maximum Gasteiger partial charge on any atom is 0.274 e. The molecule has 2 aliphatic heterocycles. The third kappa shape index (κ3) is 2.34.